The van der Waals surface area contributed by atoms with E-state index >= 15 is 0 Å². The van der Waals surface area contributed by atoms with Gasteiger partial charge in [-0.1, -0.05) is 6.07 Å². The van der Waals surface area contributed by atoms with Crippen molar-refractivity contribution in [3.63, 3.8) is 0 Å². The van der Waals surface area contributed by atoms with Crippen LogP contribution in [-0.4, -0.2) is 18.1 Å². The molecule has 0 aliphatic heterocycles. The third kappa shape index (κ3) is 2.20. The molecule has 1 aromatic heterocycles. The molecule has 0 unspecified atom stereocenters. The van der Waals surface area contributed by atoms with Crippen LogP contribution in [0.2, 0.25) is 0 Å². The van der Waals surface area contributed by atoms with E-state index in [2.05, 4.69) is 10.3 Å². The first-order valence-electron chi connectivity index (χ1n) is 3.70. The predicted octanol–water partition coefficient (Wildman–Crippen LogP) is 0.761. The van der Waals surface area contributed by atoms with E-state index in [0.29, 0.717) is 6.54 Å². The van der Waals surface area contributed by atoms with Gasteiger partial charge in [0.15, 0.2) is 0 Å². The minimum Gasteiger partial charge on any atom is -0.369 e. The second-order valence-corrected chi connectivity index (χ2v) is 2.38. The number of nitrogens with two attached hydrogens (primary N) is 1. The van der Waals surface area contributed by atoms with Crippen LogP contribution in [0, 0.1) is 6.92 Å². The molecule has 0 saturated carbocycles. The molecule has 3 N–H and O–H groups in total. The second-order valence-electron chi connectivity index (χ2n) is 2.38. The number of nitrogens with zero attached hydrogens (tertiary/aromatic N) is 1. The highest BCUT2D eigenvalue weighted by Gasteiger charge is 1.94. The molecule has 1 aromatic rings. The summed E-state index contributed by atoms with van der Waals surface area (Å²) in [4.78, 5) is 4.15. The van der Waals surface area contributed by atoms with Crippen LogP contribution < -0.4 is 11.1 Å². The molecule has 0 spiro atoms. The SMILES string of the molecule is Cc1cccnc1NCCN. The van der Waals surface area contributed by atoms with E-state index in [0.717, 1.165) is 17.9 Å². The molecule has 0 aliphatic carbocycles. The summed E-state index contributed by atoms with van der Waals surface area (Å²) in [5.41, 5.74) is 6.49. The molecule has 0 bridgehead atoms. The Morgan fingerprint density at radius 2 is 2.45 bits per heavy atom. The van der Waals surface area contributed by atoms with Crippen LogP contribution >= 0.6 is 0 Å². The lowest BCUT2D eigenvalue weighted by Gasteiger charge is -2.05. The quantitative estimate of drug-likeness (QED) is 0.670. The Labute approximate surface area is 66.6 Å². The second kappa shape index (κ2) is 3.93. The van der Waals surface area contributed by atoms with Crippen molar-refractivity contribution in [1.29, 1.82) is 0 Å². The van der Waals surface area contributed by atoms with Gasteiger partial charge < -0.3 is 11.1 Å². The third-order valence-electron chi connectivity index (χ3n) is 1.45. The summed E-state index contributed by atoms with van der Waals surface area (Å²) in [5.74, 6) is 0.929. The average Bonchev–Trinajstić information content (AvgIpc) is 2.03. The van der Waals surface area contributed by atoms with E-state index in [-0.39, 0.29) is 0 Å². The fraction of sp³-hybridized carbons (Fsp3) is 0.375. The van der Waals surface area contributed by atoms with Gasteiger partial charge in [0.2, 0.25) is 0 Å². The number of aromatic nitrogens is 1. The Kier molecular flexibility index (Phi) is 2.86. The molecule has 0 aromatic carbocycles. The lowest BCUT2D eigenvalue weighted by atomic mass is 10.3. The van der Waals surface area contributed by atoms with Crippen molar-refractivity contribution in [3.8, 4) is 0 Å². The minimum absolute atomic E-state index is 0.635. The van der Waals surface area contributed by atoms with Gasteiger partial charge in [-0.3, -0.25) is 0 Å². The molecule has 0 amide bonds. The molecule has 3 nitrogen and oxygen atoms in total. The van der Waals surface area contributed by atoms with Gasteiger partial charge >= 0.3 is 0 Å². The molecule has 11 heavy (non-hydrogen) atoms. The van der Waals surface area contributed by atoms with Crippen LogP contribution in [0.15, 0.2) is 18.3 Å². The van der Waals surface area contributed by atoms with Crippen LogP contribution in [0.3, 0.4) is 0 Å². The summed E-state index contributed by atoms with van der Waals surface area (Å²) in [6, 6.07) is 3.94. The van der Waals surface area contributed by atoms with Gasteiger partial charge in [-0.2, -0.15) is 0 Å². The Balaban J connectivity index is 2.62. The Morgan fingerprint density at radius 3 is 3.09 bits per heavy atom. The standard InChI is InChI=1S/C8H13N3/c1-7-3-2-5-10-8(7)11-6-4-9/h2-3,5H,4,6,9H2,1H3,(H,10,11). The lowest BCUT2D eigenvalue weighted by molar-refractivity contribution is 1.01. The summed E-state index contributed by atoms with van der Waals surface area (Å²) in [7, 11) is 0. The largest absolute Gasteiger partial charge is 0.369 e. The van der Waals surface area contributed by atoms with Crippen LogP contribution in [0.5, 0.6) is 0 Å². The van der Waals surface area contributed by atoms with Crippen LogP contribution in [-0.2, 0) is 0 Å². The smallest absolute Gasteiger partial charge is 0.128 e. The van der Waals surface area contributed by atoms with E-state index in [4.69, 9.17) is 5.73 Å². The number of aryl methyl sites for hydroxylation is 1. The van der Waals surface area contributed by atoms with E-state index in [9.17, 15) is 0 Å². The number of nitrogens with one attached hydrogen (secondary N) is 1. The zero-order chi connectivity index (χ0) is 8.10. The summed E-state index contributed by atoms with van der Waals surface area (Å²) in [5, 5.41) is 3.13. The highest BCUT2D eigenvalue weighted by atomic mass is 15.0. The van der Waals surface area contributed by atoms with Crippen molar-refractivity contribution < 1.29 is 0 Å². The number of hydrogen-bond donors (Lipinski definition) is 2. The van der Waals surface area contributed by atoms with Gasteiger partial charge in [0.25, 0.3) is 0 Å². The zero-order valence-electron chi connectivity index (χ0n) is 6.67. The molecular weight excluding hydrogens is 138 g/mol. The molecular formula is C8H13N3. The molecule has 0 fully saturated rings. The van der Waals surface area contributed by atoms with Crippen molar-refractivity contribution in [2.75, 3.05) is 18.4 Å². The Morgan fingerprint density at radius 1 is 1.64 bits per heavy atom. The van der Waals surface area contributed by atoms with Crippen LogP contribution in [0.4, 0.5) is 5.82 Å². The number of rotatable bonds is 3. The topological polar surface area (TPSA) is 50.9 Å². The van der Waals surface area contributed by atoms with Gasteiger partial charge in [0, 0.05) is 19.3 Å². The van der Waals surface area contributed by atoms with E-state index in [1.807, 2.05) is 19.1 Å². The highest BCUT2D eigenvalue weighted by Crippen LogP contribution is 2.07. The summed E-state index contributed by atoms with van der Waals surface area (Å²) in [6.45, 7) is 3.43. The maximum atomic E-state index is 5.34. The molecule has 0 saturated heterocycles. The third-order valence-corrected chi connectivity index (χ3v) is 1.45. The van der Waals surface area contributed by atoms with Crippen LogP contribution in [0.1, 0.15) is 5.56 Å². The maximum Gasteiger partial charge on any atom is 0.128 e. The fourth-order valence-electron chi connectivity index (χ4n) is 0.861. The maximum absolute atomic E-state index is 5.34. The minimum atomic E-state index is 0.635. The number of hydrogen-bond acceptors (Lipinski definition) is 3. The van der Waals surface area contributed by atoms with Gasteiger partial charge in [-0.25, -0.2) is 4.98 Å². The molecule has 0 atom stereocenters. The van der Waals surface area contributed by atoms with Crippen molar-refractivity contribution in [3.05, 3.63) is 23.9 Å². The first kappa shape index (κ1) is 8.01. The van der Waals surface area contributed by atoms with Crippen molar-refractivity contribution in [1.82, 2.24) is 4.98 Å². The first-order valence-corrected chi connectivity index (χ1v) is 3.70. The number of pyridine rings is 1. The summed E-state index contributed by atoms with van der Waals surface area (Å²) < 4.78 is 0. The monoisotopic (exact) mass is 151 g/mol. The lowest BCUT2D eigenvalue weighted by Crippen LogP contribution is -2.14. The first-order chi connectivity index (χ1) is 5.34. The average molecular weight is 151 g/mol. The van der Waals surface area contributed by atoms with Gasteiger partial charge in [-0.05, 0) is 18.6 Å². The Hall–Kier alpha value is -1.09. The van der Waals surface area contributed by atoms with Crippen molar-refractivity contribution in [2.24, 2.45) is 5.73 Å². The fourth-order valence-corrected chi connectivity index (χ4v) is 0.861. The Bertz CT molecular complexity index is 222. The zero-order valence-corrected chi connectivity index (χ0v) is 6.67. The summed E-state index contributed by atoms with van der Waals surface area (Å²) >= 11 is 0. The molecule has 0 radical (unpaired) electrons. The van der Waals surface area contributed by atoms with E-state index in [1.165, 1.54) is 0 Å². The molecule has 1 rings (SSSR count). The molecule has 3 heteroatoms. The molecule has 0 aliphatic rings. The molecule has 60 valence electrons. The van der Waals surface area contributed by atoms with Gasteiger partial charge in [-0.15, -0.1) is 0 Å². The van der Waals surface area contributed by atoms with Gasteiger partial charge in [0.1, 0.15) is 5.82 Å². The molecule has 1 heterocycles. The highest BCUT2D eigenvalue weighted by molar-refractivity contribution is 5.42. The van der Waals surface area contributed by atoms with E-state index < -0.39 is 0 Å². The number of anilines is 1. The van der Waals surface area contributed by atoms with Crippen molar-refractivity contribution in [2.45, 2.75) is 6.92 Å². The predicted molar refractivity (Wildman–Crippen MR) is 46.5 cm³/mol. The van der Waals surface area contributed by atoms with Crippen molar-refractivity contribution >= 4 is 5.82 Å². The van der Waals surface area contributed by atoms with E-state index in [1.54, 1.807) is 6.20 Å². The van der Waals surface area contributed by atoms with Gasteiger partial charge in [0.05, 0.1) is 0 Å². The normalized spacial score (nSPS) is 9.64. The van der Waals surface area contributed by atoms with Crippen LogP contribution in [0.25, 0.3) is 0 Å². The summed E-state index contributed by atoms with van der Waals surface area (Å²) in [6.07, 6.45) is 1.77.